The number of nitrogens with two attached hydrogens (primary N) is 1. The first-order chi connectivity index (χ1) is 7.75. The standard InChI is InChI=1S/C10H19F3N2O2/c1-6-3-15(4-8(5-16)17-6)9(7(2)14)10(11,12)13/h6-9,16H,3-5,14H2,1-2H3. The maximum absolute atomic E-state index is 12.9. The fraction of sp³-hybridized carbons (Fsp3) is 1.00. The Hall–Kier alpha value is -0.370. The first kappa shape index (κ1) is 14.7. The number of hydrogen-bond acceptors (Lipinski definition) is 4. The van der Waals surface area contributed by atoms with E-state index in [-0.39, 0.29) is 25.8 Å². The second-order valence-corrected chi connectivity index (χ2v) is 4.55. The zero-order valence-corrected chi connectivity index (χ0v) is 9.94. The van der Waals surface area contributed by atoms with Crippen molar-refractivity contribution in [2.24, 2.45) is 5.73 Å². The fourth-order valence-electron chi connectivity index (χ4n) is 2.25. The summed E-state index contributed by atoms with van der Waals surface area (Å²) in [6.07, 6.45) is -5.29. The summed E-state index contributed by atoms with van der Waals surface area (Å²) in [7, 11) is 0. The van der Waals surface area contributed by atoms with E-state index in [9.17, 15) is 13.2 Å². The second-order valence-electron chi connectivity index (χ2n) is 4.55. The van der Waals surface area contributed by atoms with E-state index in [0.717, 1.165) is 0 Å². The number of alkyl halides is 3. The average molecular weight is 256 g/mol. The zero-order chi connectivity index (χ0) is 13.2. The van der Waals surface area contributed by atoms with Crippen LogP contribution < -0.4 is 5.73 Å². The molecule has 4 atom stereocenters. The Labute approximate surface area is 98.5 Å². The van der Waals surface area contributed by atoms with Crippen LogP contribution in [0.15, 0.2) is 0 Å². The molecule has 1 fully saturated rings. The van der Waals surface area contributed by atoms with Gasteiger partial charge in [0.1, 0.15) is 6.04 Å². The minimum atomic E-state index is -4.37. The Balaban J connectivity index is 2.80. The summed E-state index contributed by atoms with van der Waals surface area (Å²) in [5.41, 5.74) is 5.42. The summed E-state index contributed by atoms with van der Waals surface area (Å²) in [5.74, 6) is 0. The number of rotatable bonds is 3. The largest absolute Gasteiger partial charge is 0.405 e. The third-order valence-electron chi connectivity index (χ3n) is 2.78. The van der Waals surface area contributed by atoms with Gasteiger partial charge in [0.15, 0.2) is 0 Å². The number of aliphatic hydroxyl groups excluding tert-OH is 1. The summed E-state index contributed by atoms with van der Waals surface area (Å²) in [6, 6.07) is -2.71. The third-order valence-corrected chi connectivity index (χ3v) is 2.78. The predicted octanol–water partition coefficient (Wildman–Crippen LogP) is 0.346. The van der Waals surface area contributed by atoms with Crippen molar-refractivity contribution >= 4 is 0 Å². The lowest BCUT2D eigenvalue weighted by atomic mass is 10.1. The number of nitrogens with zero attached hydrogens (tertiary/aromatic N) is 1. The number of morpholine rings is 1. The molecule has 0 amide bonds. The van der Waals surface area contributed by atoms with Crippen molar-refractivity contribution < 1.29 is 23.0 Å². The van der Waals surface area contributed by atoms with Crippen molar-refractivity contribution in [3.05, 3.63) is 0 Å². The molecule has 0 radical (unpaired) electrons. The highest BCUT2D eigenvalue weighted by Gasteiger charge is 2.47. The maximum Gasteiger partial charge on any atom is 0.405 e. The molecule has 4 nitrogen and oxygen atoms in total. The average Bonchev–Trinajstić information content (AvgIpc) is 2.13. The van der Waals surface area contributed by atoms with Crippen LogP contribution in [0.3, 0.4) is 0 Å². The molecule has 0 aromatic rings. The monoisotopic (exact) mass is 256 g/mol. The Kier molecular flexibility index (Phi) is 4.77. The Morgan fingerprint density at radius 2 is 2.06 bits per heavy atom. The lowest BCUT2D eigenvalue weighted by Gasteiger charge is -2.42. The molecule has 0 saturated carbocycles. The van der Waals surface area contributed by atoms with E-state index >= 15 is 0 Å². The van der Waals surface area contributed by atoms with Gasteiger partial charge < -0.3 is 15.6 Å². The molecule has 0 aromatic carbocycles. The Bertz CT molecular complexity index is 248. The van der Waals surface area contributed by atoms with Crippen LogP contribution in [0.2, 0.25) is 0 Å². The summed E-state index contributed by atoms with van der Waals surface area (Å²) in [4.78, 5) is 1.25. The summed E-state index contributed by atoms with van der Waals surface area (Å²) in [5, 5.41) is 8.99. The lowest BCUT2D eigenvalue weighted by molar-refractivity contribution is -0.210. The molecule has 17 heavy (non-hydrogen) atoms. The van der Waals surface area contributed by atoms with E-state index in [1.165, 1.54) is 11.8 Å². The topological polar surface area (TPSA) is 58.7 Å². The highest BCUT2D eigenvalue weighted by molar-refractivity contribution is 4.90. The molecule has 4 unspecified atom stereocenters. The number of halogens is 3. The van der Waals surface area contributed by atoms with Crippen LogP contribution >= 0.6 is 0 Å². The van der Waals surface area contributed by atoms with Crippen LogP contribution in [0.5, 0.6) is 0 Å². The molecule has 1 rings (SSSR count). The number of aliphatic hydroxyl groups is 1. The molecule has 1 heterocycles. The molecular formula is C10H19F3N2O2. The van der Waals surface area contributed by atoms with Gasteiger partial charge in [-0.25, -0.2) is 0 Å². The molecule has 1 aliphatic rings. The second kappa shape index (κ2) is 5.51. The van der Waals surface area contributed by atoms with Crippen LogP contribution in [-0.2, 0) is 4.74 Å². The van der Waals surface area contributed by atoms with E-state index in [4.69, 9.17) is 15.6 Å². The Morgan fingerprint density at radius 1 is 1.47 bits per heavy atom. The maximum atomic E-state index is 12.9. The van der Waals surface area contributed by atoms with Gasteiger partial charge in [0, 0.05) is 19.1 Å². The molecule has 0 bridgehead atoms. The SMILES string of the molecule is CC1CN(C(C(C)N)C(F)(F)F)CC(CO)O1. The van der Waals surface area contributed by atoms with Crippen LogP contribution in [0.1, 0.15) is 13.8 Å². The van der Waals surface area contributed by atoms with Gasteiger partial charge in [-0.05, 0) is 13.8 Å². The molecule has 1 saturated heterocycles. The smallest absolute Gasteiger partial charge is 0.394 e. The molecule has 3 N–H and O–H groups in total. The highest BCUT2D eigenvalue weighted by atomic mass is 19.4. The Morgan fingerprint density at radius 3 is 2.47 bits per heavy atom. The molecule has 0 spiro atoms. The van der Waals surface area contributed by atoms with Crippen molar-refractivity contribution in [1.82, 2.24) is 4.90 Å². The van der Waals surface area contributed by atoms with E-state index < -0.39 is 24.4 Å². The first-order valence-corrected chi connectivity index (χ1v) is 5.58. The van der Waals surface area contributed by atoms with Crippen molar-refractivity contribution in [2.45, 2.75) is 44.3 Å². The summed E-state index contributed by atoms with van der Waals surface area (Å²) in [6.45, 7) is 2.95. The summed E-state index contributed by atoms with van der Waals surface area (Å²) >= 11 is 0. The van der Waals surface area contributed by atoms with Crippen LogP contribution in [0, 0.1) is 0 Å². The fourth-order valence-corrected chi connectivity index (χ4v) is 2.25. The van der Waals surface area contributed by atoms with Gasteiger partial charge in [-0.3, -0.25) is 4.90 Å². The van der Waals surface area contributed by atoms with E-state index in [0.29, 0.717) is 0 Å². The molecule has 1 aliphatic heterocycles. The van der Waals surface area contributed by atoms with Gasteiger partial charge in [-0.1, -0.05) is 0 Å². The van der Waals surface area contributed by atoms with Crippen molar-refractivity contribution in [1.29, 1.82) is 0 Å². The van der Waals surface area contributed by atoms with Gasteiger partial charge in [-0.15, -0.1) is 0 Å². The predicted molar refractivity (Wildman–Crippen MR) is 56.5 cm³/mol. The van der Waals surface area contributed by atoms with Crippen LogP contribution in [0.25, 0.3) is 0 Å². The van der Waals surface area contributed by atoms with Crippen molar-refractivity contribution in [3.8, 4) is 0 Å². The molecule has 102 valence electrons. The normalized spacial score (nSPS) is 31.2. The molecular weight excluding hydrogens is 237 g/mol. The lowest BCUT2D eigenvalue weighted by Crippen LogP contribution is -2.61. The minimum absolute atomic E-state index is 0.0482. The molecule has 0 aliphatic carbocycles. The van der Waals surface area contributed by atoms with E-state index in [1.807, 2.05) is 0 Å². The van der Waals surface area contributed by atoms with E-state index in [1.54, 1.807) is 6.92 Å². The summed E-state index contributed by atoms with van der Waals surface area (Å²) < 4.78 is 44.0. The minimum Gasteiger partial charge on any atom is -0.394 e. The van der Waals surface area contributed by atoms with Crippen LogP contribution in [-0.4, -0.2) is 60.2 Å². The van der Waals surface area contributed by atoms with Crippen LogP contribution in [0.4, 0.5) is 13.2 Å². The van der Waals surface area contributed by atoms with Gasteiger partial charge in [0.25, 0.3) is 0 Å². The van der Waals surface area contributed by atoms with E-state index in [2.05, 4.69) is 0 Å². The van der Waals surface area contributed by atoms with Crippen molar-refractivity contribution in [2.75, 3.05) is 19.7 Å². The van der Waals surface area contributed by atoms with Gasteiger partial charge in [0.2, 0.25) is 0 Å². The third kappa shape index (κ3) is 3.80. The first-order valence-electron chi connectivity index (χ1n) is 5.58. The number of hydrogen-bond donors (Lipinski definition) is 2. The van der Waals surface area contributed by atoms with Gasteiger partial charge >= 0.3 is 6.18 Å². The zero-order valence-electron chi connectivity index (χ0n) is 9.94. The highest BCUT2D eigenvalue weighted by Crippen LogP contribution is 2.29. The quantitative estimate of drug-likeness (QED) is 0.765. The van der Waals surface area contributed by atoms with Gasteiger partial charge in [0.05, 0.1) is 18.8 Å². The molecule has 7 heteroatoms. The molecule has 0 aromatic heterocycles. The number of ether oxygens (including phenoxy) is 1. The van der Waals surface area contributed by atoms with Gasteiger partial charge in [-0.2, -0.15) is 13.2 Å². The van der Waals surface area contributed by atoms with Crippen molar-refractivity contribution in [3.63, 3.8) is 0 Å².